The number of fused-ring (bicyclic) bond motifs is 1. The molecule has 4 aromatic rings. The predicted octanol–water partition coefficient (Wildman–Crippen LogP) is 3.48. The number of rotatable bonds is 2. The Hall–Kier alpha value is -3.01. The van der Waals surface area contributed by atoms with Gasteiger partial charge in [-0.1, -0.05) is 18.2 Å². The zero-order valence-corrected chi connectivity index (χ0v) is 11.2. The molecule has 0 aliphatic rings. The molecule has 0 saturated carbocycles. The molecule has 4 nitrogen and oxygen atoms in total. The average Bonchev–Trinajstić information content (AvgIpc) is 3.09. The lowest BCUT2D eigenvalue weighted by molar-refractivity contribution is 1.06. The summed E-state index contributed by atoms with van der Waals surface area (Å²) in [5.41, 5.74) is 2.13. The van der Waals surface area contributed by atoms with Crippen LogP contribution in [0.1, 0.15) is 0 Å². The minimum Gasteiger partial charge on any atom is -0.324 e. The first-order valence-corrected chi connectivity index (χ1v) is 6.70. The van der Waals surface area contributed by atoms with Gasteiger partial charge in [0.15, 0.2) is 5.82 Å². The van der Waals surface area contributed by atoms with Crippen molar-refractivity contribution >= 4 is 10.8 Å². The van der Waals surface area contributed by atoms with Crippen LogP contribution in [0.3, 0.4) is 0 Å². The number of benzene rings is 2. The Bertz CT molecular complexity index is 883. The van der Waals surface area contributed by atoms with E-state index in [9.17, 15) is 0 Å². The van der Waals surface area contributed by atoms with E-state index in [-0.39, 0.29) is 0 Å². The van der Waals surface area contributed by atoms with E-state index < -0.39 is 0 Å². The van der Waals surface area contributed by atoms with E-state index in [1.807, 2.05) is 30.6 Å². The van der Waals surface area contributed by atoms with Crippen LogP contribution >= 0.6 is 0 Å². The number of hydrogen-bond acceptors (Lipinski definition) is 3. The molecule has 0 N–H and O–H groups in total. The molecule has 0 aliphatic carbocycles. The van der Waals surface area contributed by atoms with Gasteiger partial charge in [-0.2, -0.15) is 0 Å². The molecule has 0 amide bonds. The lowest BCUT2D eigenvalue weighted by Crippen LogP contribution is -1.91. The summed E-state index contributed by atoms with van der Waals surface area (Å²) in [6.07, 6.45) is 7.11. The molecule has 4 rings (SSSR count). The molecule has 0 atom stereocenters. The maximum atomic E-state index is 4.20. The normalized spacial score (nSPS) is 10.9. The zero-order chi connectivity index (χ0) is 14.1. The van der Waals surface area contributed by atoms with Crippen molar-refractivity contribution in [2.24, 2.45) is 0 Å². The van der Waals surface area contributed by atoms with Crippen molar-refractivity contribution in [1.29, 1.82) is 0 Å². The van der Waals surface area contributed by atoms with Gasteiger partial charge >= 0.3 is 0 Å². The van der Waals surface area contributed by atoms with Crippen LogP contribution in [-0.4, -0.2) is 19.5 Å². The Labute approximate surface area is 121 Å². The largest absolute Gasteiger partial charge is 0.324 e. The van der Waals surface area contributed by atoms with Crippen LogP contribution in [0.25, 0.3) is 27.8 Å². The molecule has 0 saturated heterocycles. The van der Waals surface area contributed by atoms with Crippen molar-refractivity contribution in [2.75, 3.05) is 0 Å². The standard InChI is InChI=1S/C17H12N4/c1-2-8-21(7-1)16-6-5-13-3-4-14(9-15(13)10-16)17-19-11-18-12-20-17/h1-12H. The lowest BCUT2D eigenvalue weighted by atomic mass is 10.1. The minimum absolute atomic E-state index is 0.693. The highest BCUT2D eigenvalue weighted by molar-refractivity contribution is 5.88. The Morgan fingerprint density at radius 3 is 2.33 bits per heavy atom. The maximum Gasteiger partial charge on any atom is 0.162 e. The summed E-state index contributed by atoms with van der Waals surface area (Å²) in [5, 5.41) is 2.36. The van der Waals surface area contributed by atoms with Crippen LogP contribution in [0.2, 0.25) is 0 Å². The fourth-order valence-corrected chi connectivity index (χ4v) is 2.43. The van der Waals surface area contributed by atoms with Gasteiger partial charge in [0, 0.05) is 23.6 Å². The Morgan fingerprint density at radius 2 is 1.52 bits per heavy atom. The molecule has 21 heavy (non-hydrogen) atoms. The molecule has 0 aliphatic heterocycles. The molecular weight excluding hydrogens is 260 g/mol. The molecule has 2 heterocycles. The van der Waals surface area contributed by atoms with Crippen molar-refractivity contribution < 1.29 is 0 Å². The summed E-state index contributed by atoms with van der Waals surface area (Å²) in [4.78, 5) is 12.3. The van der Waals surface area contributed by atoms with Gasteiger partial charge in [0.1, 0.15) is 12.7 Å². The van der Waals surface area contributed by atoms with Gasteiger partial charge in [-0.15, -0.1) is 0 Å². The van der Waals surface area contributed by atoms with Crippen molar-refractivity contribution in [3.63, 3.8) is 0 Å². The first kappa shape index (κ1) is 11.8. The molecule has 0 fully saturated rings. The summed E-state index contributed by atoms with van der Waals surface area (Å²) >= 11 is 0. The topological polar surface area (TPSA) is 43.6 Å². The van der Waals surface area contributed by atoms with Gasteiger partial charge < -0.3 is 4.57 Å². The first-order valence-electron chi connectivity index (χ1n) is 6.70. The molecule has 0 spiro atoms. The molecular formula is C17H12N4. The Kier molecular flexibility index (Phi) is 2.71. The highest BCUT2D eigenvalue weighted by Crippen LogP contribution is 2.24. The molecule has 0 unspecified atom stereocenters. The summed E-state index contributed by atoms with van der Waals surface area (Å²) < 4.78 is 2.09. The van der Waals surface area contributed by atoms with E-state index in [2.05, 4.69) is 49.9 Å². The van der Waals surface area contributed by atoms with E-state index in [0.717, 1.165) is 11.3 Å². The van der Waals surface area contributed by atoms with Gasteiger partial charge in [-0.05, 0) is 41.1 Å². The number of nitrogens with zero attached hydrogens (tertiary/aromatic N) is 4. The maximum absolute atomic E-state index is 4.20. The van der Waals surface area contributed by atoms with Crippen LogP contribution in [0.5, 0.6) is 0 Å². The van der Waals surface area contributed by atoms with Gasteiger partial charge in [0.05, 0.1) is 0 Å². The summed E-state index contributed by atoms with van der Waals surface area (Å²) in [6.45, 7) is 0. The SMILES string of the molecule is c1ccn(-c2ccc3ccc(-c4ncncn4)cc3c2)c1. The van der Waals surface area contributed by atoms with Crippen LogP contribution in [0.4, 0.5) is 0 Å². The van der Waals surface area contributed by atoms with Crippen LogP contribution in [0, 0.1) is 0 Å². The van der Waals surface area contributed by atoms with E-state index in [0.29, 0.717) is 5.82 Å². The molecule has 0 bridgehead atoms. The van der Waals surface area contributed by atoms with E-state index in [1.165, 1.54) is 23.4 Å². The zero-order valence-electron chi connectivity index (χ0n) is 11.2. The minimum atomic E-state index is 0.693. The van der Waals surface area contributed by atoms with Gasteiger partial charge in [-0.3, -0.25) is 0 Å². The van der Waals surface area contributed by atoms with Crippen molar-refractivity contribution in [1.82, 2.24) is 19.5 Å². The first-order chi connectivity index (χ1) is 10.4. The lowest BCUT2D eigenvalue weighted by Gasteiger charge is -2.06. The summed E-state index contributed by atoms with van der Waals surface area (Å²) in [7, 11) is 0. The Balaban J connectivity index is 1.86. The third kappa shape index (κ3) is 2.17. The van der Waals surface area contributed by atoms with Crippen LogP contribution < -0.4 is 0 Å². The van der Waals surface area contributed by atoms with Crippen LogP contribution in [-0.2, 0) is 0 Å². The monoisotopic (exact) mass is 272 g/mol. The fraction of sp³-hybridized carbons (Fsp3) is 0. The Morgan fingerprint density at radius 1 is 0.762 bits per heavy atom. The summed E-state index contributed by atoms with van der Waals surface area (Å²) in [6, 6.07) is 16.7. The van der Waals surface area contributed by atoms with Gasteiger partial charge in [0.25, 0.3) is 0 Å². The number of hydrogen-bond donors (Lipinski definition) is 0. The van der Waals surface area contributed by atoms with Crippen molar-refractivity contribution in [3.05, 3.63) is 73.6 Å². The predicted molar refractivity (Wildman–Crippen MR) is 82.1 cm³/mol. The molecule has 2 aromatic carbocycles. The third-order valence-electron chi connectivity index (χ3n) is 3.48. The second kappa shape index (κ2) is 4.83. The highest BCUT2D eigenvalue weighted by atomic mass is 15.0. The highest BCUT2D eigenvalue weighted by Gasteiger charge is 2.03. The summed E-state index contributed by atoms with van der Waals surface area (Å²) in [5.74, 6) is 0.693. The van der Waals surface area contributed by atoms with Crippen molar-refractivity contribution in [3.8, 4) is 17.1 Å². The fourth-order valence-electron chi connectivity index (χ4n) is 2.43. The second-order valence-electron chi connectivity index (χ2n) is 4.80. The quantitative estimate of drug-likeness (QED) is 0.561. The smallest absolute Gasteiger partial charge is 0.162 e. The van der Waals surface area contributed by atoms with Crippen molar-refractivity contribution in [2.45, 2.75) is 0 Å². The average molecular weight is 272 g/mol. The van der Waals surface area contributed by atoms with E-state index in [4.69, 9.17) is 0 Å². The molecule has 0 radical (unpaired) electrons. The van der Waals surface area contributed by atoms with Crippen LogP contribution in [0.15, 0.2) is 73.6 Å². The third-order valence-corrected chi connectivity index (χ3v) is 3.48. The molecule has 2 aromatic heterocycles. The van der Waals surface area contributed by atoms with E-state index >= 15 is 0 Å². The molecule has 4 heteroatoms. The number of aromatic nitrogens is 4. The van der Waals surface area contributed by atoms with Gasteiger partial charge in [0.2, 0.25) is 0 Å². The second-order valence-corrected chi connectivity index (χ2v) is 4.80. The van der Waals surface area contributed by atoms with Gasteiger partial charge in [-0.25, -0.2) is 15.0 Å². The molecule has 100 valence electrons. The van der Waals surface area contributed by atoms with E-state index in [1.54, 1.807) is 0 Å².